The summed E-state index contributed by atoms with van der Waals surface area (Å²) in [5.41, 5.74) is 2.27. The molecule has 264 valence electrons. The van der Waals surface area contributed by atoms with E-state index < -0.39 is 0 Å². The van der Waals surface area contributed by atoms with E-state index in [2.05, 4.69) is 5.32 Å². The second-order valence-electron chi connectivity index (χ2n) is 11.3. The van der Waals surface area contributed by atoms with Crippen LogP contribution >= 0.6 is 0 Å². The van der Waals surface area contributed by atoms with Crippen molar-refractivity contribution in [1.29, 1.82) is 0 Å². The summed E-state index contributed by atoms with van der Waals surface area (Å²) in [4.78, 5) is 25.0. The van der Waals surface area contributed by atoms with E-state index in [-0.39, 0.29) is 10.9 Å². The molecule has 6 aromatic rings. The minimum Gasteiger partial charge on any atom is -0.493 e. The van der Waals surface area contributed by atoms with E-state index in [4.69, 9.17) is 37.3 Å². The molecule has 0 spiro atoms. The zero-order valence-corrected chi connectivity index (χ0v) is 28.5. The lowest BCUT2D eigenvalue weighted by Crippen LogP contribution is -2.25. The van der Waals surface area contributed by atoms with E-state index in [1.54, 1.807) is 62.8 Å². The maximum Gasteiger partial charge on any atom is 0.193 e. The molecule has 0 unspecified atom stereocenters. The molecule has 0 saturated heterocycles. The van der Waals surface area contributed by atoms with E-state index in [9.17, 15) is 9.59 Å². The van der Waals surface area contributed by atoms with Crippen LogP contribution in [0.4, 0.5) is 0 Å². The van der Waals surface area contributed by atoms with Gasteiger partial charge in [0.1, 0.15) is 35.9 Å². The largest absolute Gasteiger partial charge is 0.493 e. The van der Waals surface area contributed by atoms with E-state index in [0.717, 1.165) is 0 Å². The van der Waals surface area contributed by atoms with Gasteiger partial charge in [-0.2, -0.15) is 0 Å². The van der Waals surface area contributed by atoms with Crippen molar-refractivity contribution in [2.75, 3.05) is 67.0 Å². The van der Waals surface area contributed by atoms with Gasteiger partial charge in [-0.25, -0.2) is 0 Å². The Morgan fingerprint density at radius 3 is 1.41 bits per heavy atom. The number of hydrogen-bond donors (Lipinski definition) is 1. The minimum absolute atomic E-state index is 0.103. The van der Waals surface area contributed by atoms with Crippen molar-refractivity contribution in [1.82, 2.24) is 5.32 Å². The van der Waals surface area contributed by atoms with Crippen molar-refractivity contribution < 1.29 is 37.3 Å². The quantitative estimate of drug-likeness (QED) is 0.101. The number of nitrogens with one attached hydrogen (secondary N) is 1. The molecule has 0 atom stereocenters. The molecule has 2 heterocycles. The first-order valence-corrected chi connectivity index (χ1v) is 16.6. The molecule has 0 bridgehead atoms. The number of rotatable bonds is 18. The molecule has 0 aliphatic carbocycles. The number of hydrogen-bond acceptors (Lipinski definition) is 11. The molecule has 0 aliphatic rings. The van der Waals surface area contributed by atoms with Crippen LogP contribution in [0.3, 0.4) is 0 Å². The lowest BCUT2D eigenvalue weighted by molar-refractivity contribution is 0.0897. The standard InChI is InChI=1S/C40H39NO10/c1-44-39-23-27(37-25-31(42)29-7-3-5-9-33(29)50-37)11-13-35(39)48-21-19-46-17-15-41-16-18-47-20-22-49-36-14-12-28(24-40(36)45-2)38-26-32(43)30-8-4-6-10-34(30)51-38/h3-14,23-26,41H,15-22H2,1-2H3. The highest BCUT2D eigenvalue weighted by Crippen LogP contribution is 2.34. The highest BCUT2D eigenvalue weighted by Gasteiger charge is 2.13. The Hall–Kier alpha value is -5.62. The van der Waals surface area contributed by atoms with Gasteiger partial charge in [0.15, 0.2) is 33.9 Å². The molecule has 0 radical (unpaired) electrons. The summed E-state index contributed by atoms with van der Waals surface area (Å²) in [5, 5.41) is 4.36. The Morgan fingerprint density at radius 2 is 0.961 bits per heavy atom. The summed E-state index contributed by atoms with van der Waals surface area (Å²) < 4.78 is 46.0. The fourth-order valence-corrected chi connectivity index (χ4v) is 5.41. The van der Waals surface area contributed by atoms with Gasteiger partial charge in [0.2, 0.25) is 0 Å². The lowest BCUT2D eigenvalue weighted by atomic mass is 10.1. The van der Waals surface area contributed by atoms with Gasteiger partial charge in [-0.1, -0.05) is 24.3 Å². The third-order valence-electron chi connectivity index (χ3n) is 7.98. The molecule has 4 aromatic carbocycles. The van der Waals surface area contributed by atoms with Gasteiger partial charge in [0.05, 0.1) is 51.4 Å². The molecule has 0 amide bonds. The van der Waals surface area contributed by atoms with Crippen LogP contribution in [0.1, 0.15) is 0 Å². The van der Waals surface area contributed by atoms with Crippen LogP contribution in [0, 0.1) is 0 Å². The Balaban J connectivity index is 0.843. The van der Waals surface area contributed by atoms with E-state index in [1.165, 1.54) is 12.1 Å². The molecule has 0 fully saturated rings. The molecule has 51 heavy (non-hydrogen) atoms. The van der Waals surface area contributed by atoms with Gasteiger partial charge in [0, 0.05) is 36.3 Å². The summed E-state index contributed by atoms with van der Waals surface area (Å²) >= 11 is 0. The average molecular weight is 694 g/mol. The van der Waals surface area contributed by atoms with Crippen molar-refractivity contribution in [3.05, 3.63) is 118 Å². The van der Waals surface area contributed by atoms with Crippen molar-refractivity contribution in [2.24, 2.45) is 0 Å². The fraction of sp³-hybridized carbons (Fsp3) is 0.250. The first kappa shape index (κ1) is 35.2. The van der Waals surface area contributed by atoms with Gasteiger partial charge in [-0.3, -0.25) is 9.59 Å². The van der Waals surface area contributed by atoms with Crippen LogP contribution in [0.2, 0.25) is 0 Å². The topological polar surface area (TPSA) is 128 Å². The molecule has 6 rings (SSSR count). The third kappa shape index (κ3) is 8.95. The monoisotopic (exact) mass is 693 g/mol. The number of benzene rings is 4. The zero-order valence-electron chi connectivity index (χ0n) is 28.5. The molecule has 11 nitrogen and oxygen atoms in total. The first-order chi connectivity index (χ1) is 25.0. The van der Waals surface area contributed by atoms with Gasteiger partial charge in [-0.05, 0) is 60.7 Å². The molecule has 0 saturated carbocycles. The highest BCUT2D eigenvalue weighted by atomic mass is 16.5. The highest BCUT2D eigenvalue weighted by molar-refractivity contribution is 5.79. The maximum atomic E-state index is 12.5. The Morgan fingerprint density at radius 1 is 0.510 bits per heavy atom. The van der Waals surface area contributed by atoms with Crippen LogP contribution < -0.4 is 35.1 Å². The molecule has 11 heteroatoms. The Kier molecular flexibility index (Phi) is 12.0. The number of methoxy groups -OCH3 is 2. The zero-order chi connectivity index (χ0) is 35.4. The van der Waals surface area contributed by atoms with E-state index in [1.807, 2.05) is 36.4 Å². The SMILES string of the molecule is COc1cc(-c2cc(=O)c3ccccc3o2)ccc1OCCOCCNCCOCCOc1ccc(-c2cc(=O)c3ccccc3o2)cc1OC. The van der Waals surface area contributed by atoms with Crippen LogP contribution in [0.15, 0.2) is 115 Å². The summed E-state index contributed by atoms with van der Waals surface area (Å²) in [5.74, 6) is 3.10. The number of ether oxygens (including phenoxy) is 6. The molecule has 2 aromatic heterocycles. The molecule has 1 N–H and O–H groups in total. The molecular weight excluding hydrogens is 654 g/mol. The number of para-hydroxylation sites is 2. The van der Waals surface area contributed by atoms with E-state index >= 15 is 0 Å². The maximum absolute atomic E-state index is 12.5. The smallest absolute Gasteiger partial charge is 0.193 e. The van der Waals surface area contributed by atoms with Crippen molar-refractivity contribution in [3.8, 4) is 45.6 Å². The van der Waals surface area contributed by atoms with Crippen molar-refractivity contribution in [2.45, 2.75) is 0 Å². The third-order valence-corrected chi connectivity index (χ3v) is 7.98. The number of fused-ring (bicyclic) bond motifs is 2. The first-order valence-electron chi connectivity index (χ1n) is 16.6. The van der Waals surface area contributed by atoms with Gasteiger partial charge in [0.25, 0.3) is 0 Å². The van der Waals surface area contributed by atoms with Crippen LogP contribution in [0.25, 0.3) is 44.6 Å². The van der Waals surface area contributed by atoms with Crippen molar-refractivity contribution >= 4 is 21.9 Å². The summed E-state index contributed by atoms with van der Waals surface area (Å²) in [6.45, 7) is 3.85. The van der Waals surface area contributed by atoms with Crippen molar-refractivity contribution in [3.63, 3.8) is 0 Å². The van der Waals surface area contributed by atoms with Crippen LogP contribution in [-0.2, 0) is 9.47 Å². The Bertz CT molecular complexity index is 2040. The second kappa shape index (κ2) is 17.3. The second-order valence-corrected chi connectivity index (χ2v) is 11.3. The lowest BCUT2D eigenvalue weighted by Gasteiger charge is -2.13. The summed E-state index contributed by atoms with van der Waals surface area (Å²) in [7, 11) is 3.13. The predicted molar refractivity (Wildman–Crippen MR) is 194 cm³/mol. The van der Waals surface area contributed by atoms with E-state index in [0.29, 0.717) is 120 Å². The molecule has 0 aliphatic heterocycles. The fourth-order valence-electron chi connectivity index (χ4n) is 5.41. The average Bonchev–Trinajstić information content (AvgIpc) is 3.16. The van der Waals surface area contributed by atoms with Gasteiger partial charge >= 0.3 is 0 Å². The van der Waals surface area contributed by atoms with Gasteiger partial charge in [-0.15, -0.1) is 0 Å². The summed E-state index contributed by atoms with van der Waals surface area (Å²) in [6, 6.07) is 28.1. The Labute approximate surface area is 294 Å². The van der Waals surface area contributed by atoms with Crippen LogP contribution in [0.5, 0.6) is 23.0 Å². The van der Waals surface area contributed by atoms with Crippen LogP contribution in [-0.4, -0.2) is 67.0 Å². The normalized spacial score (nSPS) is 11.2. The molecular formula is C40H39NO10. The van der Waals surface area contributed by atoms with Gasteiger partial charge < -0.3 is 42.6 Å². The summed E-state index contributed by atoms with van der Waals surface area (Å²) in [6.07, 6.45) is 0. The minimum atomic E-state index is -0.103. The predicted octanol–water partition coefficient (Wildman–Crippen LogP) is 6.33.